The number of rotatable bonds is 11. The minimum Gasteiger partial charge on any atom is -0.343 e. The number of likely N-dealkylation sites (tertiary alicyclic amines) is 1. The van der Waals surface area contributed by atoms with Crippen molar-refractivity contribution in [3.05, 3.63) is 34.3 Å². The number of aryl methyl sites for hydroxylation is 1. The standard InChI is InChI=1S/C72H108ClF3N12O12/c1-12-44(4)59-68(98)81(7)45(5)63(93)88-37-31-53(88)66(96)83(9)55(40-46-22-15-13-16-23-46)65(95)80(6)42-57(89)77-51(30-26-47-25-29-49(50(73)39-47)72(74,75)76)64(94)87-36-21-24-52(87)62(92)79-71(32-17-18-33-71)70(100)85(11)60(48-27-28-48)69(99)84(10)56(67(97)86-34-19-14-20-35-86)41-58(90)82(8)54(38-43(2)3)61(91)78-59/h25,29,39,43-46,48,51-56,59-60H,12-24,26-28,30-38,40-42H2,1-11H3,(H,77,89)(H,78,91)(H,79,92)/t44-,45-,51-,52-,53-,54-,55-,56-,59-,60-/m0/s1. The molecule has 4 aliphatic heterocycles. The zero-order valence-corrected chi connectivity index (χ0v) is 61.2. The van der Waals surface area contributed by atoms with E-state index >= 15 is 24.0 Å². The van der Waals surface area contributed by atoms with E-state index in [0.717, 1.165) is 55.6 Å². The maximum Gasteiger partial charge on any atom is 0.417 e. The highest BCUT2D eigenvalue weighted by molar-refractivity contribution is 6.31. The first-order valence-corrected chi connectivity index (χ1v) is 36.8. The van der Waals surface area contributed by atoms with Crippen molar-refractivity contribution < 1.29 is 70.7 Å². The number of hydrogen-bond donors (Lipinski definition) is 3. The van der Waals surface area contributed by atoms with Gasteiger partial charge in [-0.1, -0.05) is 96.7 Å². The first kappa shape index (κ1) is 78.7. The Morgan fingerprint density at radius 1 is 0.640 bits per heavy atom. The number of alkyl halides is 3. The fourth-order valence-electron chi connectivity index (χ4n) is 15.7. The smallest absolute Gasteiger partial charge is 0.343 e. The van der Waals surface area contributed by atoms with Gasteiger partial charge in [-0.05, 0) is 138 Å². The van der Waals surface area contributed by atoms with E-state index in [1.54, 1.807) is 11.8 Å². The molecule has 0 bridgehead atoms. The van der Waals surface area contributed by atoms with Gasteiger partial charge in [0.15, 0.2) is 0 Å². The number of piperidine rings is 1. The van der Waals surface area contributed by atoms with E-state index in [0.29, 0.717) is 70.0 Å². The molecule has 100 heavy (non-hydrogen) atoms. The van der Waals surface area contributed by atoms with Crippen molar-refractivity contribution >= 4 is 82.5 Å². The molecule has 24 nitrogen and oxygen atoms in total. The van der Waals surface area contributed by atoms with Crippen LogP contribution in [-0.2, 0) is 70.1 Å². The largest absolute Gasteiger partial charge is 0.417 e. The van der Waals surface area contributed by atoms with E-state index in [4.69, 9.17) is 11.6 Å². The SMILES string of the molecule is CC[C@H](C)[C@@H]1NC(=O)[C@H](CC(C)C)N(C)C(=O)C[C@@H](C(=O)N2CCCCC2)N(C)C(=O)[C@H](C2CC2)N(C)C(=O)C2(CCCC2)NC(=O)[C@@H]2CCCN2C(=O)[C@H](CCc2ccc(C(F)(F)F)c(Cl)c2)NC(=O)CN(C)C(=O)[C@H](CC2CCCCC2)N(C)C(=O)[C@@H]2CCN2C(=O)[C@H](C)N(C)C1=O. The molecule has 0 aromatic heterocycles. The number of carbonyl (C=O) groups excluding carboxylic acids is 12. The van der Waals surface area contributed by atoms with Gasteiger partial charge in [-0.2, -0.15) is 13.2 Å². The van der Waals surface area contributed by atoms with Crippen molar-refractivity contribution in [2.45, 2.75) is 248 Å². The minimum atomic E-state index is -4.76. The summed E-state index contributed by atoms with van der Waals surface area (Å²) in [6.45, 7) is 9.23. The predicted octanol–water partition coefficient (Wildman–Crippen LogP) is 5.78. The van der Waals surface area contributed by atoms with Gasteiger partial charge >= 0.3 is 6.18 Å². The van der Waals surface area contributed by atoms with Gasteiger partial charge in [-0.15, -0.1) is 0 Å². The van der Waals surface area contributed by atoms with Crippen molar-refractivity contribution in [3.8, 4) is 0 Å². The predicted molar refractivity (Wildman–Crippen MR) is 367 cm³/mol. The number of nitrogens with zero attached hydrogens (tertiary/aromatic N) is 9. The molecule has 1 aromatic carbocycles. The molecule has 4 heterocycles. The van der Waals surface area contributed by atoms with Gasteiger partial charge in [-0.25, -0.2) is 0 Å². The number of halogens is 4. The molecule has 0 radical (unpaired) electrons. The molecule has 3 N–H and O–H groups in total. The van der Waals surface area contributed by atoms with Gasteiger partial charge in [0.25, 0.3) is 0 Å². The Kier molecular flexibility index (Phi) is 26.6. The summed E-state index contributed by atoms with van der Waals surface area (Å²) in [6, 6.07) is -7.64. The zero-order valence-electron chi connectivity index (χ0n) is 60.5. The molecule has 7 fully saturated rings. The highest BCUT2D eigenvalue weighted by atomic mass is 35.5. The molecule has 556 valence electrons. The minimum absolute atomic E-state index is 0.0254. The van der Waals surface area contributed by atoms with Crippen LogP contribution in [0.4, 0.5) is 13.2 Å². The second-order valence-corrected chi connectivity index (χ2v) is 30.5. The lowest BCUT2D eigenvalue weighted by atomic mass is 9.84. The number of nitrogens with one attached hydrogen (secondary N) is 3. The van der Waals surface area contributed by atoms with E-state index in [1.807, 2.05) is 20.8 Å². The van der Waals surface area contributed by atoms with Gasteiger partial charge in [0.1, 0.15) is 59.9 Å². The van der Waals surface area contributed by atoms with Crippen LogP contribution in [0.5, 0.6) is 0 Å². The van der Waals surface area contributed by atoms with Crippen LogP contribution in [0.3, 0.4) is 0 Å². The van der Waals surface area contributed by atoms with Crippen LogP contribution in [-0.4, -0.2) is 250 Å². The Labute approximate surface area is 592 Å². The lowest BCUT2D eigenvalue weighted by Gasteiger charge is -2.45. The maximum absolute atomic E-state index is 15.5. The third kappa shape index (κ3) is 18.2. The molecule has 4 saturated heterocycles. The average Bonchev–Trinajstić information content (AvgIpc) is 1.07. The quantitative estimate of drug-likeness (QED) is 0.238. The Bertz CT molecular complexity index is 3190. The third-order valence-corrected chi connectivity index (χ3v) is 22.9. The van der Waals surface area contributed by atoms with Gasteiger partial charge in [0.2, 0.25) is 70.9 Å². The van der Waals surface area contributed by atoms with Gasteiger partial charge < -0.3 is 60.0 Å². The van der Waals surface area contributed by atoms with Crippen LogP contribution < -0.4 is 16.0 Å². The molecular weight excluding hydrogens is 1320 g/mol. The van der Waals surface area contributed by atoms with Crippen LogP contribution in [0, 0.1) is 23.7 Å². The topological polar surface area (TPSA) is 270 Å². The number of carbonyl (C=O) groups is 12. The lowest BCUT2D eigenvalue weighted by Crippen LogP contribution is -2.65. The fraction of sp³-hybridized carbons (Fsp3) is 0.750. The van der Waals surface area contributed by atoms with Crippen LogP contribution in [0.25, 0.3) is 0 Å². The summed E-state index contributed by atoms with van der Waals surface area (Å²) in [6.07, 6.45) is 5.06. The summed E-state index contributed by atoms with van der Waals surface area (Å²) in [4.78, 5) is 192. The summed E-state index contributed by atoms with van der Waals surface area (Å²) < 4.78 is 41.6. The molecule has 28 heteroatoms. The Balaban J connectivity index is 1.16. The maximum atomic E-state index is 15.5. The molecule has 1 aromatic rings. The van der Waals surface area contributed by atoms with Crippen molar-refractivity contribution in [3.63, 3.8) is 0 Å². The number of amides is 12. The van der Waals surface area contributed by atoms with E-state index in [2.05, 4.69) is 16.0 Å². The first-order valence-electron chi connectivity index (χ1n) is 36.5. The molecule has 3 saturated carbocycles. The first-order chi connectivity index (χ1) is 47.2. The second-order valence-electron chi connectivity index (χ2n) is 30.1. The highest BCUT2D eigenvalue weighted by Crippen LogP contribution is 2.41. The van der Waals surface area contributed by atoms with Gasteiger partial charge in [0, 0.05) is 68.5 Å². The van der Waals surface area contributed by atoms with Crippen LogP contribution >= 0.6 is 11.6 Å². The highest BCUT2D eigenvalue weighted by Gasteiger charge is 2.53. The lowest BCUT2D eigenvalue weighted by molar-refractivity contribution is -0.160. The van der Waals surface area contributed by atoms with Gasteiger partial charge in [-0.3, -0.25) is 57.5 Å². The number of hydrogen-bond acceptors (Lipinski definition) is 12. The van der Waals surface area contributed by atoms with Crippen LogP contribution in [0.15, 0.2) is 18.2 Å². The molecule has 0 unspecified atom stereocenters. The van der Waals surface area contributed by atoms with Crippen molar-refractivity contribution in [1.29, 1.82) is 0 Å². The molecule has 10 atom stereocenters. The van der Waals surface area contributed by atoms with E-state index in [9.17, 15) is 46.7 Å². The Morgan fingerprint density at radius 3 is 1.87 bits per heavy atom. The van der Waals surface area contributed by atoms with E-state index in [-0.39, 0.29) is 82.2 Å². The third-order valence-electron chi connectivity index (χ3n) is 22.6. The molecule has 1 spiro atoms. The Hall–Kier alpha value is -7.06. The zero-order chi connectivity index (χ0) is 73.4. The number of likely N-dealkylation sites (N-methyl/N-ethyl adjacent to an activating group) is 6. The van der Waals surface area contributed by atoms with Crippen molar-refractivity contribution in [2.75, 3.05) is 75.0 Å². The molecule has 7 aliphatic rings. The normalized spacial score (nSPS) is 28.5. The molecule has 12 amide bonds. The summed E-state index contributed by atoms with van der Waals surface area (Å²) >= 11 is 6.16. The molecule has 3 aliphatic carbocycles. The molecule has 8 rings (SSSR count). The number of benzene rings is 1. The van der Waals surface area contributed by atoms with Crippen molar-refractivity contribution in [2.24, 2.45) is 23.7 Å². The fourth-order valence-corrected chi connectivity index (χ4v) is 16.0. The average molecular weight is 1430 g/mol. The molecular formula is C72H108ClF3N12O12. The monoisotopic (exact) mass is 1420 g/mol. The Morgan fingerprint density at radius 2 is 1.28 bits per heavy atom. The second kappa shape index (κ2) is 33.8. The summed E-state index contributed by atoms with van der Waals surface area (Å²) in [5, 5.41) is 8.20. The summed E-state index contributed by atoms with van der Waals surface area (Å²) in [7, 11) is 8.69. The van der Waals surface area contributed by atoms with Crippen molar-refractivity contribution in [1.82, 2.24) is 60.0 Å². The number of fused-ring (bicyclic) bond motifs is 2. The summed E-state index contributed by atoms with van der Waals surface area (Å²) in [5.41, 5.74) is -2.32. The van der Waals surface area contributed by atoms with E-state index in [1.165, 1.54) is 89.6 Å². The van der Waals surface area contributed by atoms with E-state index < -0.39 is 166 Å². The van der Waals surface area contributed by atoms with Crippen LogP contribution in [0.2, 0.25) is 5.02 Å². The summed E-state index contributed by atoms with van der Waals surface area (Å²) in [5.74, 6) is -8.43. The van der Waals surface area contributed by atoms with Crippen LogP contribution in [0.1, 0.15) is 187 Å². The van der Waals surface area contributed by atoms with Gasteiger partial charge in [0.05, 0.1) is 23.6 Å².